The summed E-state index contributed by atoms with van der Waals surface area (Å²) in [6.45, 7) is -0.866. The predicted molar refractivity (Wildman–Crippen MR) is 96.9 cm³/mol. The van der Waals surface area contributed by atoms with Gasteiger partial charge in [-0.25, -0.2) is 9.37 Å². The molecular formula is C18H19FN2O2S. The number of aliphatic hydroxyl groups excluding tert-OH is 1. The first kappa shape index (κ1) is 16.7. The lowest BCUT2D eigenvalue weighted by Gasteiger charge is -2.11. The van der Waals surface area contributed by atoms with Gasteiger partial charge in [0.05, 0.1) is 10.2 Å². The zero-order chi connectivity index (χ0) is 17.1. The van der Waals surface area contributed by atoms with Crippen molar-refractivity contribution >= 4 is 27.2 Å². The summed E-state index contributed by atoms with van der Waals surface area (Å²) in [6, 6.07) is 13.8. The van der Waals surface area contributed by atoms with E-state index in [4.69, 9.17) is 4.74 Å². The second-order valence-corrected chi connectivity index (χ2v) is 6.74. The second kappa shape index (κ2) is 7.15. The van der Waals surface area contributed by atoms with E-state index in [0.717, 1.165) is 26.5 Å². The minimum absolute atomic E-state index is 0.0559. The van der Waals surface area contributed by atoms with Gasteiger partial charge in [-0.3, -0.25) is 0 Å². The molecule has 1 N–H and O–H groups in total. The van der Waals surface area contributed by atoms with E-state index in [-0.39, 0.29) is 6.61 Å². The summed E-state index contributed by atoms with van der Waals surface area (Å²) in [5.41, 5.74) is 3.10. The van der Waals surface area contributed by atoms with Crippen LogP contribution in [0.3, 0.4) is 0 Å². The highest BCUT2D eigenvalue weighted by molar-refractivity contribution is 7.21. The maximum Gasteiger partial charge on any atom is 0.124 e. The standard InChI is InChI=1S/C18H19FN2O2S/c1-21(2)13-5-3-12(4-6-13)18-20-16-8-7-15(9-17(16)24-18)23-11-14(22)10-19/h3-9,14,22H,10-11H2,1-2H3/t14-/m0/s1. The highest BCUT2D eigenvalue weighted by Crippen LogP contribution is 2.33. The number of ether oxygens (including phenoxy) is 1. The number of aliphatic hydroxyl groups is 1. The van der Waals surface area contributed by atoms with Gasteiger partial charge in [0.25, 0.3) is 0 Å². The summed E-state index contributed by atoms with van der Waals surface area (Å²) in [4.78, 5) is 6.70. The van der Waals surface area contributed by atoms with Crippen LogP contribution in [0, 0.1) is 0 Å². The number of benzene rings is 2. The Bertz CT molecular complexity index is 818. The molecule has 0 aliphatic rings. The first-order valence-corrected chi connectivity index (χ1v) is 8.43. The van der Waals surface area contributed by atoms with Gasteiger partial charge >= 0.3 is 0 Å². The first-order chi connectivity index (χ1) is 11.6. The second-order valence-electron chi connectivity index (χ2n) is 5.71. The van der Waals surface area contributed by atoms with Crippen LogP contribution in [-0.2, 0) is 0 Å². The van der Waals surface area contributed by atoms with Crippen molar-refractivity contribution in [2.24, 2.45) is 0 Å². The molecule has 0 aliphatic heterocycles. The summed E-state index contributed by atoms with van der Waals surface area (Å²) < 4.78 is 18.7. The molecule has 126 valence electrons. The van der Waals surface area contributed by atoms with Crippen molar-refractivity contribution in [1.29, 1.82) is 0 Å². The summed E-state index contributed by atoms with van der Waals surface area (Å²) in [5.74, 6) is 0.605. The van der Waals surface area contributed by atoms with Gasteiger partial charge in [0.1, 0.15) is 30.1 Å². The largest absolute Gasteiger partial charge is 0.491 e. The van der Waals surface area contributed by atoms with Gasteiger partial charge in [-0.05, 0) is 42.5 Å². The number of anilines is 1. The molecule has 24 heavy (non-hydrogen) atoms. The molecule has 0 saturated heterocycles. The van der Waals surface area contributed by atoms with Crippen LogP contribution in [-0.4, -0.2) is 43.6 Å². The third-order valence-electron chi connectivity index (χ3n) is 3.61. The predicted octanol–water partition coefficient (Wildman–Crippen LogP) is 3.74. The van der Waals surface area contributed by atoms with Gasteiger partial charge < -0.3 is 14.7 Å². The van der Waals surface area contributed by atoms with Crippen LogP contribution in [0.4, 0.5) is 10.1 Å². The van der Waals surface area contributed by atoms with E-state index in [1.807, 2.05) is 26.2 Å². The Balaban J connectivity index is 1.83. The highest BCUT2D eigenvalue weighted by Gasteiger charge is 2.09. The van der Waals surface area contributed by atoms with E-state index in [9.17, 15) is 9.50 Å². The van der Waals surface area contributed by atoms with Crippen molar-refractivity contribution in [2.75, 3.05) is 32.3 Å². The van der Waals surface area contributed by atoms with E-state index in [1.54, 1.807) is 17.4 Å². The van der Waals surface area contributed by atoms with E-state index < -0.39 is 12.8 Å². The third kappa shape index (κ3) is 3.66. The van der Waals surface area contributed by atoms with Crippen LogP contribution in [0.15, 0.2) is 42.5 Å². The maximum absolute atomic E-state index is 12.3. The first-order valence-electron chi connectivity index (χ1n) is 7.62. The molecule has 4 nitrogen and oxygen atoms in total. The van der Waals surface area contributed by atoms with Gasteiger partial charge in [0, 0.05) is 25.3 Å². The van der Waals surface area contributed by atoms with Gasteiger partial charge in [0.15, 0.2) is 0 Å². The third-order valence-corrected chi connectivity index (χ3v) is 4.68. The number of nitrogens with zero attached hydrogens (tertiary/aromatic N) is 2. The number of fused-ring (bicyclic) bond motifs is 1. The number of halogens is 1. The van der Waals surface area contributed by atoms with Crippen LogP contribution >= 0.6 is 11.3 Å². The summed E-state index contributed by atoms with van der Waals surface area (Å²) in [6.07, 6.45) is -1.09. The maximum atomic E-state index is 12.3. The molecule has 1 heterocycles. The molecule has 0 spiro atoms. The van der Waals surface area contributed by atoms with Gasteiger partial charge in [0.2, 0.25) is 0 Å². The van der Waals surface area contributed by atoms with Crippen molar-refractivity contribution in [2.45, 2.75) is 6.10 Å². The monoisotopic (exact) mass is 346 g/mol. The van der Waals surface area contributed by atoms with E-state index in [0.29, 0.717) is 5.75 Å². The Morgan fingerprint density at radius 1 is 1.21 bits per heavy atom. The SMILES string of the molecule is CN(C)c1ccc(-c2nc3ccc(OC[C@@H](O)CF)cc3s2)cc1. The fraction of sp³-hybridized carbons (Fsp3) is 0.278. The Kier molecular flexibility index (Phi) is 4.97. The molecule has 1 atom stereocenters. The highest BCUT2D eigenvalue weighted by atomic mass is 32.1. The fourth-order valence-electron chi connectivity index (χ4n) is 2.26. The van der Waals surface area contributed by atoms with Crippen LogP contribution < -0.4 is 9.64 Å². The topological polar surface area (TPSA) is 45.6 Å². The molecular weight excluding hydrogens is 327 g/mol. The molecule has 1 aromatic heterocycles. The van der Waals surface area contributed by atoms with Crippen molar-refractivity contribution in [3.8, 4) is 16.3 Å². The Hall–Kier alpha value is -2.18. The Morgan fingerprint density at radius 2 is 1.96 bits per heavy atom. The molecule has 0 unspecified atom stereocenters. The number of aromatic nitrogens is 1. The summed E-state index contributed by atoms with van der Waals surface area (Å²) in [7, 11) is 4.02. The molecule has 0 radical (unpaired) electrons. The number of hydrogen-bond acceptors (Lipinski definition) is 5. The van der Waals surface area contributed by atoms with Gasteiger partial charge in [-0.15, -0.1) is 11.3 Å². The van der Waals surface area contributed by atoms with Crippen molar-refractivity contribution in [3.63, 3.8) is 0 Å². The molecule has 0 amide bonds. The summed E-state index contributed by atoms with van der Waals surface area (Å²) >= 11 is 1.58. The fourth-order valence-corrected chi connectivity index (χ4v) is 3.26. The normalized spacial score (nSPS) is 12.3. The molecule has 3 rings (SSSR count). The van der Waals surface area contributed by atoms with E-state index in [1.165, 1.54) is 0 Å². The van der Waals surface area contributed by atoms with Crippen LogP contribution in [0.25, 0.3) is 20.8 Å². The van der Waals surface area contributed by atoms with E-state index in [2.05, 4.69) is 34.1 Å². The molecule has 3 aromatic rings. The lowest BCUT2D eigenvalue weighted by molar-refractivity contribution is 0.0842. The van der Waals surface area contributed by atoms with Crippen molar-refractivity contribution in [3.05, 3.63) is 42.5 Å². The number of hydrogen-bond donors (Lipinski definition) is 1. The Labute approximate surface area is 144 Å². The molecule has 0 saturated carbocycles. The van der Waals surface area contributed by atoms with E-state index >= 15 is 0 Å². The van der Waals surface area contributed by atoms with Crippen LogP contribution in [0.1, 0.15) is 0 Å². The lowest BCUT2D eigenvalue weighted by atomic mass is 10.2. The lowest BCUT2D eigenvalue weighted by Crippen LogP contribution is -2.19. The number of rotatable bonds is 6. The summed E-state index contributed by atoms with van der Waals surface area (Å²) in [5, 5.41) is 10.2. The Morgan fingerprint density at radius 3 is 2.62 bits per heavy atom. The van der Waals surface area contributed by atoms with Gasteiger partial charge in [-0.2, -0.15) is 0 Å². The molecule has 2 aromatic carbocycles. The van der Waals surface area contributed by atoms with Crippen molar-refractivity contribution < 1.29 is 14.2 Å². The smallest absolute Gasteiger partial charge is 0.124 e. The number of thiazole rings is 1. The average molecular weight is 346 g/mol. The number of alkyl halides is 1. The molecule has 0 aliphatic carbocycles. The molecule has 0 fully saturated rings. The minimum Gasteiger partial charge on any atom is -0.491 e. The average Bonchev–Trinajstić information content (AvgIpc) is 3.03. The zero-order valence-corrected chi connectivity index (χ0v) is 14.4. The zero-order valence-electron chi connectivity index (χ0n) is 13.6. The van der Waals surface area contributed by atoms with Crippen LogP contribution in [0.5, 0.6) is 5.75 Å². The van der Waals surface area contributed by atoms with Gasteiger partial charge in [-0.1, -0.05) is 0 Å². The van der Waals surface area contributed by atoms with Crippen molar-refractivity contribution in [1.82, 2.24) is 4.98 Å². The molecule has 0 bridgehead atoms. The minimum atomic E-state index is -1.09. The molecule has 6 heteroatoms. The van der Waals surface area contributed by atoms with Crippen LogP contribution in [0.2, 0.25) is 0 Å². The quantitative estimate of drug-likeness (QED) is 0.739.